The lowest BCUT2D eigenvalue weighted by Crippen LogP contribution is -2.37. The van der Waals surface area contributed by atoms with Gasteiger partial charge in [-0.2, -0.15) is 0 Å². The quantitative estimate of drug-likeness (QED) is 0.823. The molecule has 0 bridgehead atoms. The van der Waals surface area contributed by atoms with Crippen LogP contribution in [0.15, 0.2) is 47.0 Å². The number of sulfonamides is 1. The fraction of sp³-hybridized carbons (Fsp3) is 0.389. The lowest BCUT2D eigenvalue weighted by molar-refractivity contribution is 0.0679. The van der Waals surface area contributed by atoms with Crippen LogP contribution in [0, 0.1) is 0 Å². The van der Waals surface area contributed by atoms with Crippen LogP contribution in [0.3, 0.4) is 0 Å². The van der Waals surface area contributed by atoms with E-state index in [9.17, 15) is 8.42 Å². The number of benzene rings is 1. The van der Waals surface area contributed by atoms with E-state index in [1.807, 2.05) is 47.5 Å². The first-order valence-corrected chi connectivity index (χ1v) is 10.0. The van der Waals surface area contributed by atoms with Gasteiger partial charge in [0, 0.05) is 24.9 Å². The second-order valence-corrected chi connectivity index (χ2v) is 8.04. The van der Waals surface area contributed by atoms with Gasteiger partial charge in [-0.15, -0.1) is 4.40 Å². The molecule has 3 heterocycles. The van der Waals surface area contributed by atoms with E-state index in [1.165, 1.54) is 0 Å². The summed E-state index contributed by atoms with van der Waals surface area (Å²) in [5.41, 5.74) is 1.71. The van der Waals surface area contributed by atoms with Crippen LogP contribution in [0.2, 0.25) is 0 Å². The largest absolute Gasteiger partial charge is 0.491 e. The minimum absolute atomic E-state index is 0.0458. The first-order chi connectivity index (χ1) is 12.1. The van der Waals surface area contributed by atoms with E-state index in [2.05, 4.69) is 4.40 Å². The molecule has 6 nitrogen and oxygen atoms in total. The number of rotatable bonds is 4. The van der Waals surface area contributed by atoms with Crippen molar-refractivity contribution >= 4 is 21.4 Å². The van der Waals surface area contributed by atoms with Crippen LogP contribution < -0.4 is 4.74 Å². The van der Waals surface area contributed by atoms with Gasteiger partial charge in [0.2, 0.25) is 0 Å². The molecular weight excluding hydrogens is 340 g/mol. The molecule has 0 radical (unpaired) electrons. The van der Waals surface area contributed by atoms with Crippen LogP contribution >= 0.6 is 0 Å². The van der Waals surface area contributed by atoms with Gasteiger partial charge in [-0.3, -0.25) is 0 Å². The number of hydrogen-bond donors (Lipinski definition) is 0. The molecule has 0 N–H and O–H groups in total. The minimum Gasteiger partial charge on any atom is -0.491 e. The molecule has 0 spiro atoms. The maximum atomic E-state index is 11.9. The van der Waals surface area contributed by atoms with Crippen molar-refractivity contribution in [1.29, 1.82) is 0 Å². The van der Waals surface area contributed by atoms with E-state index in [4.69, 9.17) is 9.47 Å². The monoisotopic (exact) mass is 360 g/mol. The van der Waals surface area contributed by atoms with Crippen molar-refractivity contribution in [3.63, 3.8) is 0 Å². The molecule has 0 amide bonds. The zero-order valence-electron chi connectivity index (χ0n) is 13.8. The van der Waals surface area contributed by atoms with E-state index in [-0.39, 0.29) is 11.9 Å². The average molecular weight is 360 g/mol. The Kier molecular flexibility index (Phi) is 4.35. The Bertz CT molecular complexity index is 834. The van der Waals surface area contributed by atoms with Crippen LogP contribution in [0.25, 0.3) is 5.57 Å². The number of allylic oxidation sites excluding steroid dienone is 2. The number of hydrogen-bond acceptors (Lipinski definition) is 5. The van der Waals surface area contributed by atoms with Crippen LogP contribution in [0.5, 0.6) is 5.75 Å². The van der Waals surface area contributed by atoms with Crippen molar-refractivity contribution in [2.75, 3.05) is 25.5 Å². The van der Waals surface area contributed by atoms with Gasteiger partial charge < -0.3 is 14.4 Å². The van der Waals surface area contributed by atoms with Crippen molar-refractivity contribution in [3.8, 4) is 5.75 Å². The summed E-state index contributed by atoms with van der Waals surface area (Å²) in [7, 11) is -3.39. The predicted octanol–water partition coefficient (Wildman–Crippen LogP) is 2.20. The third-order valence-electron chi connectivity index (χ3n) is 4.48. The van der Waals surface area contributed by atoms with Gasteiger partial charge >= 0.3 is 0 Å². The zero-order chi connectivity index (χ0) is 17.3. The molecule has 1 aromatic rings. The highest BCUT2D eigenvalue weighted by molar-refractivity contribution is 7.90. The lowest BCUT2D eigenvalue weighted by atomic mass is 10.0. The molecule has 1 unspecified atom stereocenters. The predicted molar refractivity (Wildman–Crippen MR) is 96.0 cm³/mol. The SMILES string of the molecule is O=S1(=O)CCN2C=CC=C(c3ccc(OCC4CCCO4)cc3)C2=N1. The van der Waals surface area contributed by atoms with Gasteiger partial charge in [0.1, 0.15) is 12.4 Å². The number of ether oxygens (including phenoxy) is 2. The molecule has 7 heteroatoms. The smallest absolute Gasteiger partial charge is 0.256 e. The molecule has 25 heavy (non-hydrogen) atoms. The molecule has 1 aromatic carbocycles. The van der Waals surface area contributed by atoms with Crippen molar-refractivity contribution in [2.45, 2.75) is 18.9 Å². The van der Waals surface area contributed by atoms with Gasteiger partial charge in [-0.1, -0.05) is 12.1 Å². The number of nitrogens with zero attached hydrogens (tertiary/aromatic N) is 2. The van der Waals surface area contributed by atoms with Crippen molar-refractivity contribution in [3.05, 3.63) is 48.2 Å². The summed E-state index contributed by atoms with van der Waals surface area (Å²) >= 11 is 0. The molecule has 132 valence electrons. The van der Waals surface area contributed by atoms with Gasteiger partial charge in [0.25, 0.3) is 10.0 Å². The third kappa shape index (κ3) is 3.62. The second-order valence-electron chi connectivity index (χ2n) is 6.29. The first-order valence-electron chi connectivity index (χ1n) is 8.44. The number of fused-ring (bicyclic) bond motifs is 1. The van der Waals surface area contributed by atoms with E-state index in [0.29, 0.717) is 19.0 Å². The maximum absolute atomic E-state index is 11.9. The minimum atomic E-state index is -3.39. The van der Waals surface area contributed by atoms with Crippen LogP contribution in [0.4, 0.5) is 0 Å². The molecular formula is C18H20N2O4S. The summed E-state index contributed by atoms with van der Waals surface area (Å²) in [5.74, 6) is 1.31. The molecule has 1 fully saturated rings. The van der Waals surface area contributed by atoms with Crippen LogP contribution in [-0.4, -0.2) is 50.8 Å². The van der Waals surface area contributed by atoms with Gasteiger partial charge in [-0.25, -0.2) is 8.42 Å². The standard InChI is InChI=1S/C18H20N2O4S/c21-25(22)12-10-20-9-1-4-17(18(20)19-25)14-5-7-15(8-6-14)24-13-16-3-2-11-23-16/h1,4-9,16H,2-3,10-13H2. The maximum Gasteiger partial charge on any atom is 0.256 e. The fourth-order valence-corrected chi connectivity index (χ4v) is 4.12. The molecule has 4 rings (SSSR count). The van der Waals surface area contributed by atoms with Crippen LogP contribution in [-0.2, 0) is 14.8 Å². The van der Waals surface area contributed by atoms with E-state index < -0.39 is 10.0 Å². The molecule has 3 aliphatic heterocycles. The van der Waals surface area contributed by atoms with Crippen molar-refractivity contribution in [1.82, 2.24) is 4.90 Å². The highest BCUT2D eigenvalue weighted by atomic mass is 32.2. The average Bonchev–Trinajstić information content (AvgIpc) is 3.13. The Hall–Kier alpha value is -2.12. The molecule has 0 aromatic heterocycles. The van der Waals surface area contributed by atoms with Crippen molar-refractivity contribution < 1.29 is 17.9 Å². The summed E-state index contributed by atoms with van der Waals surface area (Å²) in [4.78, 5) is 1.87. The Morgan fingerprint density at radius 1 is 1.28 bits per heavy atom. The molecule has 1 atom stereocenters. The topological polar surface area (TPSA) is 68.2 Å². The normalized spacial score (nSPS) is 24.5. The van der Waals surface area contributed by atoms with E-state index in [0.717, 1.165) is 36.3 Å². The Morgan fingerprint density at radius 3 is 2.88 bits per heavy atom. The van der Waals surface area contributed by atoms with Crippen molar-refractivity contribution in [2.24, 2.45) is 4.40 Å². The van der Waals surface area contributed by atoms with Crippen LogP contribution in [0.1, 0.15) is 18.4 Å². The first kappa shape index (κ1) is 16.4. The number of amidine groups is 1. The van der Waals surface area contributed by atoms with E-state index in [1.54, 1.807) is 0 Å². The molecule has 0 aliphatic carbocycles. The molecule has 3 aliphatic rings. The van der Waals surface area contributed by atoms with Gasteiger partial charge in [0.05, 0.1) is 11.9 Å². The molecule has 1 saturated heterocycles. The Balaban J connectivity index is 1.52. The van der Waals surface area contributed by atoms with E-state index >= 15 is 0 Å². The summed E-state index contributed by atoms with van der Waals surface area (Å²) in [6.07, 6.45) is 7.97. The lowest BCUT2D eigenvalue weighted by Gasteiger charge is -2.29. The zero-order valence-corrected chi connectivity index (χ0v) is 14.6. The Morgan fingerprint density at radius 2 is 2.12 bits per heavy atom. The highest BCUT2D eigenvalue weighted by Crippen LogP contribution is 2.27. The Labute approximate surface area is 147 Å². The second kappa shape index (κ2) is 6.65. The summed E-state index contributed by atoms with van der Waals surface area (Å²) in [6, 6.07) is 7.65. The summed E-state index contributed by atoms with van der Waals surface area (Å²) in [6.45, 7) is 1.80. The van der Waals surface area contributed by atoms with Gasteiger partial charge in [0.15, 0.2) is 5.84 Å². The summed E-state index contributed by atoms with van der Waals surface area (Å²) < 4.78 is 39.0. The van der Waals surface area contributed by atoms with Gasteiger partial charge in [-0.05, 0) is 42.7 Å². The highest BCUT2D eigenvalue weighted by Gasteiger charge is 2.27. The summed E-state index contributed by atoms with van der Waals surface area (Å²) in [5, 5.41) is 0. The molecule has 0 saturated carbocycles. The third-order valence-corrected chi connectivity index (χ3v) is 5.63. The fourth-order valence-electron chi connectivity index (χ4n) is 3.14.